The molecule has 158 valence electrons. The van der Waals surface area contributed by atoms with E-state index < -0.39 is 40.0 Å². The van der Waals surface area contributed by atoms with Crippen LogP contribution >= 0.6 is 0 Å². The van der Waals surface area contributed by atoms with E-state index in [9.17, 15) is 13.6 Å². The number of fused-ring (bicyclic) bond motifs is 1. The van der Waals surface area contributed by atoms with Gasteiger partial charge < -0.3 is 0 Å². The molecule has 0 atom stereocenters. The SMILES string of the molecule is O=c1[nH]n2ccccc2c1-c1nnccc1-c1c(F)c(F)c(-c2ccccc2)c(F)c1F. The zero-order valence-electron chi connectivity index (χ0n) is 16.1. The molecule has 32 heavy (non-hydrogen) atoms. The minimum atomic E-state index is -1.60. The third kappa shape index (κ3) is 2.89. The van der Waals surface area contributed by atoms with Crippen molar-refractivity contribution in [3.8, 4) is 33.5 Å². The predicted molar refractivity (Wildman–Crippen MR) is 110 cm³/mol. The number of rotatable bonds is 3. The third-order valence-corrected chi connectivity index (χ3v) is 5.12. The molecule has 0 aliphatic carbocycles. The summed E-state index contributed by atoms with van der Waals surface area (Å²) in [6.45, 7) is 0. The zero-order valence-corrected chi connectivity index (χ0v) is 16.1. The molecule has 0 fully saturated rings. The zero-order chi connectivity index (χ0) is 22.4. The van der Waals surface area contributed by atoms with Gasteiger partial charge in [-0.25, -0.2) is 17.6 Å². The Morgan fingerprint density at radius 3 is 2.12 bits per heavy atom. The Morgan fingerprint density at radius 2 is 1.41 bits per heavy atom. The highest BCUT2D eigenvalue weighted by Crippen LogP contribution is 2.39. The van der Waals surface area contributed by atoms with E-state index in [2.05, 4.69) is 15.3 Å². The van der Waals surface area contributed by atoms with Gasteiger partial charge in [-0.3, -0.25) is 14.4 Å². The van der Waals surface area contributed by atoms with E-state index in [4.69, 9.17) is 0 Å². The minimum absolute atomic E-state index is 0.0187. The fourth-order valence-corrected chi connectivity index (χ4v) is 3.70. The van der Waals surface area contributed by atoms with E-state index in [-0.39, 0.29) is 22.4 Å². The van der Waals surface area contributed by atoms with Crippen LogP contribution in [0.4, 0.5) is 17.6 Å². The molecule has 9 heteroatoms. The number of hydrogen-bond donors (Lipinski definition) is 1. The highest BCUT2D eigenvalue weighted by molar-refractivity contribution is 5.88. The fraction of sp³-hybridized carbons (Fsp3) is 0. The molecule has 1 N–H and O–H groups in total. The second kappa shape index (κ2) is 7.45. The van der Waals surface area contributed by atoms with Gasteiger partial charge in [0.25, 0.3) is 5.56 Å². The highest BCUT2D eigenvalue weighted by Gasteiger charge is 2.30. The Bertz CT molecular complexity index is 1510. The van der Waals surface area contributed by atoms with Crippen LogP contribution in [0.25, 0.3) is 39.0 Å². The van der Waals surface area contributed by atoms with Gasteiger partial charge in [0.2, 0.25) is 0 Å². The molecule has 0 unspecified atom stereocenters. The monoisotopic (exact) mass is 436 g/mol. The molecular weight excluding hydrogens is 424 g/mol. The summed E-state index contributed by atoms with van der Waals surface area (Å²) in [5.74, 6) is -6.30. The first-order chi connectivity index (χ1) is 15.5. The lowest BCUT2D eigenvalue weighted by Crippen LogP contribution is -2.08. The Balaban J connectivity index is 1.82. The van der Waals surface area contributed by atoms with Gasteiger partial charge in [0.15, 0.2) is 23.3 Å². The van der Waals surface area contributed by atoms with Crippen molar-refractivity contribution in [2.75, 3.05) is 0 Å². The minimum Gasteiger partial charge on any atom is -0.267 e. The number of benzene rings is 2. The van der Waals surface area contributed by atoms with Crippen LogP contribution in [0.15, 0.2) is 71.8 Å². The van der Waals surface area contributed by atoms with Crippen LogP contribution in [0.3, 0.4) is 0 Å². The van der Waals surface area contributed by atoms with E-state index in [1.807, 2.05) is 0 Å². The van der Waals surface area contributed by atoms with Crippen LogP contribution in [0.5, 0.6) is 0 Å². The summed E-state index contributed by atoms with van der Waals surface area (Å²) < 4.78 is 61.8. The van der Waals surface area contributed by atoms with Crippen LogP contribution < -0.4 is 5.56 Å². The fourth-order valence-electron chi connectivity index (χ4n) is 3.70. The molecule has 0 spiro atoms. The first kappa shape index (κ1) is 19.7. The molecular formula is C23H12F4N4O. The predicted octanol–water partition coefficient (Wildman–Crippen LogP) is 4.98. The van der Waals surface area contributed by atoms with Crippen LogP contribution in [-0.2, 0) is 0 Å². The van der Waals surface area contributed by atoms with Crippen molar-refractivity contribution >= 4 is 5.52 Å². The van der Waals surface area contributed by atoms with Crippen molar-refractivity contribution in [1.29, 1.82) is 0 Å². The molecule has 0 aliphatic rings. The van der Waals surface area contributed by atoms with E-state index >= 15 is 8.78 Å². The standard InChI is InChI=1S/C23H12F4N4O/c24-18-15(12-6-2-1-3-7-12)19(25)21(27)16(20(18)26)13-9-10-28-29-22(13)17-14-8-4-5-11-31(14)30-23(17)32/h1-11H,(H,30,32). The summed E-state index contributed by atoms with van der Waals surface area (Å²) in [4.78, 5) is 12.6. The van der Waals surface area contributed by atoms with E-state index in [1.165, 1.54) is 28.8 Å². The lowest BCUT2D eigenvalue weighted by molar-refractivity contribution is 0.463. The summed E-state index contributed by atoms with van der Waals surface area (Å²) in [5, 5.41) is 10.1. The highest BCUT2D eigenvalue weighted by atomic mass is 19.2. The molecule has 0 saturated heterocycles. The number of nitrogens with one attached hydrogen (secondary N) is 1. The normalized spacial score (nSPS) is 11.2. The summed E-state index contributed by atoms with van der Waals surface area (Å²) in [6, 6.07) is 13.3. The van der Waals surface area contributed by atoms with E-state index in [0.717, 1.165) is 12.3 Å². The van der Waals surface area contributed by atoms with Crippen LogP contribution in [-0.4, -0.2) is 19.8 Å². The number of hydrogen-bond acceptors (Lipinski definition) is 3. The number of aromatic amines is 1. The quantitative estimate of drug-likeness (QED) is 0.321. The van der Waals surface area contributed by atoms with Crippen molar-refractivity contribution in [2.45, 2.75) is 0 Å². The van der Waals surface area contributed by atoms with Crippen molar-refractivity contribution in [3.05, 3.63) is 101 Å². The molecule has 2 aromatic carbocycles. The van der Waals surface area contributed by atoms with Crippen LogP contribution in [0, 0.1) is 23.3 Å². The molecule has 5 rings (SSSR count). The average molecular weight is 436 g/mol. The van der Waals surface area contributed by atoms with Crippen LogP contribution in [0.2, 0.25) is 0 Å². The lowest BCUT2D eigenvalue weighted by Gasteiger charge is -2.14. The Hall–Kier alpha value is -4.27. The van der Waals surface area contributed by atoms with Crippen molar-refractivity contribution in [2.24, 2.45) is 0 Å². The topological polar surface area (TPSA) is 63.0 Å². The second-order valence-electron chi connectivity index (χ2n) is 6.94. The van der Waals surface area contributed by atoms with Gasteiger partial charge in [-0.1, -0.05) is 36.4 Å². The molecule has 5 aromatic rings. The number of pyridine rings is 1. The summed E-state index contributed by atoms with van der Waals surface area (Å²) in [5.41, 5.74) is -2.64. The van der Waals surface area contributed by atoms with Gasteiger partial charge in [0.05, 0.1) is 28.4 Å². The van der Waals surface area contributed by atoms with E-state index in [0.29, 0.717) is 5.52 Å². The number of halogens is 4. The molecule has 0 radical (unpaired) electrons. The van der Waals surface area contributed by atoms with E-state index in [1.54, 1.807) is 30.5 Å². The Labute approximate surface area is 177 Å². The largest absolute Gasteiger partial charge is 0.274 e. The van der Waals surface area contributed by atoms with Crippen molar-refractivity contribution in [1.82, 2.24) is 19.8 Å². The Morgan fingerprint density at radius 1 is 0.750 bits per heavy atom. The summed E-state index contributed by atoms with van der Waals surface area (Å²) in [7, 11) is 0. The smallest absolute Gasteiger partial charge is 0.267 e. The van der Waals surface area contributed by atoms with Gasteiger partial charge >= 0.3 is 0 Å². The molecule has 0 bridgehead atoms. The maximum Gasteiger partial charge on any atom is 0.274 e. The van der Waals surface area contributed by atoms with Gasteiger partial charge in [0, 0.05) is 11.8 Å². The van der Waals surface area contributed by atoms with Crippen LogP contribution in [0.1, 0.15) is 0 Å². The Kier molecular flexibility index (Phi) is 4.58. The molecule has 0 amide bonds. The van der Waals surface area contributed by atoms with Gasteiger partial charge in [-0.05, 0) is 23.8 Å². The van der Waals surface area contributed by atoms with Crippen molar-refractivity contribution < 1.29 is 17.6 Å². The lowest BCUT2D eigenvalue weighted by atomic mass is 9.95. The van der Waals surface area contributed by atoms with Gasteiger partial charge in [-0.15, -0.1) is 5.10 Å². The first-order valence-electron chi connectivity index (χ1n) is 9.42. The van der Waals surface area contributed by atoms with Crippen molar-refractivity contribution in [3.63, 3.8) is 0 Å². The summed E-state index contributed by atoms with van der Waals surface area (Å²) >= 11 is 0. The maximum absolute atomic E-state index is 15.2. The first-order valence-corrected chi connectivity index (χ1v) is 9.42. The second-order valence-corrected chi connectivity index (χ2v) is 6.94. The molecule has 0 saturated carbocycles. The third-order valence-electron chi connectivity index (χ3n) is 5.12. The number of aromatic nitrogens is 4. The number of H-pyrrole nitrogens is 1. The van der Waals surface area contributed by atoms with Gasteiger partial charge in [-0.2, -0.15) is 5.10 Å². The average Bonchev–Trinajstić information content (AvgIpc) is 3.15. The maximum atomic E-state index is 15.2. The molecule has 0 aliphatic heterocycles. The summed E-state index contributed by atoms with van der Waals surface area (Å²) in [6.07, 6.45) is 2.68. The molecule has 5 nitrogen and oxygen atoms in total. The number of nitrogens with zero attached hydrogens (tertiary/aromatic N) is 3. The van der Waals surface area contributed by atoms with Gasteiger partial charge in [0.1, 0.15) is 5.69 Å². The molecule has 3 heterocycles. The molecule has 3 aromatic heterocycles.